The minimum absolute atomic E-state index is 0.396. The van der Waals surface area contributed by atoms with Crippen LogP contribution in [0.15, 0.2) is 40.3 Å². The standard InChI is InChI=1S/C14H16ClN3OS/c1-3-16-12-8-14(18-13(17-12)9-19-2)20-11-6-4-10(15)5-7-11/h4-8H,3,9H2,1-2H3,(H,16,17,18). The van der Waals surface area contributed by atoms with Gasteiger partial charge in [-0.3, -0.25) is 0 Å². The Kier molecular flexibility index (Phi) is 5.64. The van der Waals surface area contributed by atoms with Crippen LogP contribution in [0.3, 0.4) is 0 Å². The molecule has 0 spiro atoms. The molecule has 1 heterocycles. The lowest BCUT2D eigenvalue weighted by molar-refractivity contribution is 0.177. The van der Waals surface area contributed by atoms with Gasteiger partial charge in [0.25, 0.3) is 0 Å². The van der Waals surface area contributed by atoms with Crippen LogP contribution in [0.1, 0.15) is 12.7 Å². The lowest BCUT2D eigenvalue weighted by Gasteiger charge is -2.08. The summed E-state index contributed by atoms with van der Waals surface area (Å²) in [6.07, 6.45) is 0. The van der Waals surface area contributed by atoms with Crippen LogP contribution >= 0.6 is 23.4 Å². The van der Waals surface area contributed by atoms with Gasteiger partial charge < -0.3 is 10.1 Å². The number of anilines is 1. The summed E-state index contributed by atoms with van der Waals surface area (Å²) in [6.45, 7) is 3.24. The molecule has 6 heteroatoms. The number of nitrogens with one attached hydrogen (secondary N) is 1. The van der Waals surface area contributed by atoms with E-state index in [0.29, 0.717) is 12.4 Å². The van der Waals surface area contributed by atoms with E-state index >= 15 is 0 Å². The molecule has 0 aliphatic heterocycles. The van der Waals surface area contributed by atoms with E-state index < -0.39 is 0 Å². The molecule has 2 rings (SSSR count). The highest BCUT2D eigenvalue weighted by Gasteiger charge is 2.06. The van der Waals surface area contributed by atoms with Crippen molar-refractivity contribution in [2.75, 3.05) is 19.0 Å². The molecule has 0 fully saturated rings. The zero-order valence-corrected chi connectivity index (χ0v) is 13.0. The normalized spacial score (nSPS) is 10.6. The molecule has 2 aromatic rings. The second kappa shape index (κ2) is 7.47. The van der Waals surface area contributed by atoms with E-state index in [1.54, 1.807) is 18.9 Å². The molecule has 20 heavy (non-hydrogen) atoms. The van der Waals surface area contributed by atoms with Crippen LogP contribution in [0.4, 0.5) is 5.82 Å². The van der Waals surface area contributed by atoms with E-state index in [-0.39, 0.29) is 0 Å². The number of ether oxygens (including phenoxy) is 1. The molecule has 0 radical (unpaired) electrons. The maximum atomic E-state index is 5.89. The third kappa shape index (κ3) is 4.37. The molecular weight excluding hydrogens is 294 g/mol. The van der Waals surface area contributed by atoms with Crippen LogP contribution in [0.25, 0.3) is 0 Å². The van der Waals surface area contributed by atoms with Crippen molar-refractivity contribution in [2.45, 2.75) is 23.5 Å². The van der Waals surface area contributed by atoms with Crippen LogP contribution in [0, 0.1) is 0 Å². The number of hydrogen-bond acceptors (Lipinski definition) is 5. The van der Waals surface area contributed by atoms with Gasteiger partial charge in [-0.2, -0.15) is 0 Å². The van der Waals surface area contributed by atoms with E-state index in [9.17, 15) is 0 Å². The summed E-state index contributed by atoms with van der Waals surface area (Å²) in [6, 6.07) is 9.61. The van der Waals surface area contributed by atoms with Crippen molar-refractivity contribution in [1.29, 1.82) is 0 Å². The van der Waals surface area contributed by atoms with Gasteiger partial charge in [0, 0.05) is 29.6 Å². The van der Waals surface area contributed by atoms with Crippen molar-refractivity contribution in [3.63, 3.8) is 0 Å². The van der Waals surface area contributed by atoms with Crippen LogP contribution in [-0.4, -0.2) is 23.6 Å². The lowest BCUT2D eigenvalue weighted by atomic mass is 10.4. The van der Waals surface area contributed by atoms with Crippen LogP contribution in [-0.2, 0) is 11.3 Å². The Balaban J connectivity index is 2.22. The Hall–Kier alpha value is -1.30. The van der Waals surface area contributed by atoms with Crippen molar-refractivity contribution in [2.24, 2.45) is 0 Å². The number of hydrogen-bond donors (Lipinski definition) is 1. The number of nitrogens with zero attached hydrogens (tertiary/aromatic N) is 2. The Morgan fingerprint density at radius 3 is 2.65 bits per heavy atom. The first-order chi connectivity index (χ1) is 9.71. The maximum absolute atomic E-state index is 5.89. The van der Waals surface area contributed by atoms with E-state index in [1.807, 2.05) is 37.3 Å². The average Bonchev–Trinajstić information content (AvgIpc) is 2.42. The van der Waals surface area contributed by atoms with Crippen molar-refractivity contribution in [3.05, 3.63) is 41.2 Å². The van der Waals surface area contributed by atoms with Crippen molar-refractivity contribution in [1.82, 2.24) is 9.97 Å². The fraction of sp³-hybridized carbons (Fsp3) is 0.286. The molecule has 0 aliphatic rings. The molecule has 4 nitrogen and oxygen atoms in total. The van der Waals surface area contributed by atoms with Gasteiger partial charge in [0.05, 0.1) is 0 Å². The first-order valence-corrected chi connectivity index (χ1v) is 7.45. The summed E-state index contributed by atoms with van der Waals surface area (Å²) in [5, 5.41) is 4.81. The average molecular weight is 310 g/mol. The molecule has 0 aliphatic carbocycles. The van der Waals surface area contributed by atoms with Crippen molar-refractivity contribution in [3.8, 4) is 0 Å². The highest BCUT2D eigenvalue weighted by molar-refractivity contribution is 7.99. The predicted molar refractivity (Wildman–Crippen MR) is 82.5 cm³/mol. The topological polar surface area (TPSA) is 47.0 Å². The fourth-order valence-electron chi connectivity index (χ4n) is 1.61. The van der Waals surface area contributed by atoms with Gasteiger partial charge in [0.1, 0.15) is 17.5 Å². The van der Waals surface area contributed by atoms with Gasteiger partial charge in [-0.15, -0.1) is 0 Å². The van der Waals surface area contributed by atoms with Crippen LogP contribution in [0.5, 0.6) is 0 Å². The molecule has 1 aromatic heterocycles. The Morgan fingerprint density at radius 1 is 1.25 bits per heavy atom. The van der Waals surface area contributed by atoms with E-state index in [4.69, 9.17) is 16.3 Å². The van der Waals surface area contributed by atoms with Gasteiger partial charge in [-0.05, 0) is 31.2 Å². The Morgan fingerprint density at radius 2 is 2.00 bits per heavy atom. The predicted octanol–water partition coefficient (Wildman–Crippen LogP) is 3.86. The molecule has 0 saturated heterocycles. The van der Waals surface area contributed by atoms with Crippen molar-refractivity contribution >= 4 is 29.2 Å². The highest BCUT2D eigenvalue weighted by atomic mass is 35.5. The van der Waals surface area contributed by atoms with E-state index in [1.165, 1.54) is 0 Å². The first-order valence-electron chi connectivity index (χ1n) is 6.25. The highest BCUT2D eigenvalue weighted by Crippen LogP contribution is 2.28. The third-order valence-electron chi connectivity index (χ3n) is 2.42. The van der Waals surface area contributed by atoms with Gasteiger partial charge in [-0.1, -0.05) is 23.4 Å². The first kappa shape index (κ1) is 15.1. The van der Waals surface area contributed by atoms with Crippen LogP contribution in [0.2, 0.25) is 5.02 Å². The summed E-state index contributed by atoms with van der Waals surface area (Å²) in [5.74, 6) is 1.48. The molecule has 0 bridgehead atoms. The van der Waals surface area contributed by atoms with E-state index in [0.717, 1.165) is 27.3 Å². The summed E-state index contributed by atoms with van der Waals surface area (Å²) in [7, 11) is 1.63. The molecule has 0 atom stereocenters. The zero-order chi connectivity index (χ0) is 14.4. The number of benzene rings is 1. The smallest absolute Gasteiger partial charge is 0.157 e. The third-order valence-corrected chi connectivity index (χ3v) is 3.59. The summed E-state index contributed by atoms with van der Waals surface area (Å²) in [4.78, 5) is 9.95. The van der Waals surface area contributed by atoms with E-state index in [2.05, 4.69) is 15.3 Å². The number of rotatable bonds is 6. The zero-order valence-electron chi connectivity index (χ0n) is 11.4. The summed E-state index contributed by atoms with van der Waals surface area (Å²) in [5.41, 5.74) is 0. The Labute approximate surface area is 127 Å². The van der Waals surface area contributed by atoms with Crippen LogP contribution < -0.4 is 5.32 Å². The minimum atomic E-state index is 0.396. The number of methoxy groups -OCH3 is 1. The van der Waals surface area contributed by atoms with Gasteiger partial charge in [0.2, 0.25) is 0 Å². The molecule has 106 valence electrons. The molecule has 0 unspecified atom stereocenters. The fourth-order valence-corrected chi connectivity index (χ4v) is 2.57. The van der Waals surface area contributed by atoms with Crippen molar-refractivity contribution < 1.29 is 4.74 Å². The maximum Gasteiger partial charge on any atom is 0.157 e. The largest absolute Gasteiger partial charge is 0.377 e. The second-order valence-electron chi connectivity index (χ2n) is 4.03. The Bertz CT molecular complexity index is 539. The molecular formula is C14H16ClN3OS. The summed E-state index contributed by atoms with van der Waals surface area (Å²) >= 11 is 7.46. The number of aromatic nitrogens is 2. The second-order valence-corrected chi connectivity index (χ2v) is 5.56. The monoisotopic (exact) mass is 309 g/mol. The van der Waals surface area contributed by atoms with Gasteiger partial charge in [0.15, 0.2) is 5.82 Å². The molecule has 1 aromatic carbocycles. The quantitative estimate of drug-likeness (QED) is 0.821. The summed E-state index contributed by atoms with van der Waals surface area (Å²) < 4.78 is 5.10. The molecule has 0 amide bonds. The van der Waals surface area contributed by atoms with Gasteiger partial charge >= 0.3 is 0 Å². The van der Waals surface area contributed by atoms with Gasteiger partial charge in [-0.25, -0.2) is 9.97 Å². The molecule has 1 N–H and O–H groups in total. The lowest BCUT2D eigenvalue weighted by Crippen LogP contribution is -2.05. The SMILES string of the molecule is CCNc1cc(Sc2ccc(Cl)cc2)nc(COC)n1. The number of halogens is 1. The molecule has 0 saturated carbocycles. The minimum Gasteiger partial charge on any atom is -0.377 e.